The highest BCUT2D eigenvalue weighted by atomic mass is 16.5. The number of benzene rings is 2. The lowest BCUT2D eigenvalue weighted by Crippen LogP contribution is -2.31. The predicted molar refractivity (Wildman–Crippen MR) is 90.9 cm³/mol. The molecular weight excluding hydrogens is 290 g/mol. The molecule has 0 heterocycles. The predicted octanol–water partition coefficient (Wildman–Crippen LogP) is 3.51. The topological polar surface area (TPSA) is 47.6 Å². The van der Waals surface area contributed by atoms with E-state index >= 15 is 0 Å². The average molecular weight is 313 g/mol. The van der Waals surface area contributed by atoms with Gasteiger partial charge >= 0.3 is 0 Å². The smallest absolute Gasteiger partial charge is 0.258 e. The van der Waals surface area contributed by atoms with E-state index in [1.165, 1.54) is 5.56 Å². The van der Waals surface area contributed by atoms with E-state index in [1.54, 1.807) is 31.4 Å². The van der Waals surface area contributed by atoms with Gasteiger partial charge in [-0.05, 0) is 48.7 Å². The lowest BCUT2D eigenvalue weighted by atomic mass is 10.1. The molecule has 0 radical (unpaired) electrons. The molecule has 4 nitrogen and oxygen atoms in total. The van der Waals surface area contributed by atoms with Gasteiger partial charge in [0.15, 0.2) is 6.61 Å². The number of rotatable bonds is 7. The van der Waals surface area contributed by atoms with Crippen LogP contribution in [0.3, 0.4) is 0 Å². The van der Waals surface area contributed by atoms with Gasteiger partial charge in [0.1, 0.15) is 11.5 Å². The fourth-order valence-corrected chi connectivity index (χ4v) is 2.23. The third-order valence-electron chi connectivity index (χ3n) is 3.69. The van der Waals surface area contributed by atoms with Crippen LogP contribution >= 0.6 is 0 Å². The first-order valence-electron chi connectivity index (χ1n) is 7.77. The van der Waals surface area contributed by atoms with Crippen molar-refractivity contribution in [3.63, 3.8) is 0 Å². The first-order chi connectivity index (χ1) is 11.1. The highest BCUT2D eigenvalue weighted by molar-refractivity contribution is 5.78. The van der Waals surface area contributed by atoms with Crippen molar-refractivity contribution in [3.8, 4) is 11.5 Å². The largest absolute Gasteiger partial charge is 0.497 e. The molecule has 1 atom stereocenters. The Hall–Kier alpha value is -2.49. The maximum Gasteiger partial charge on any atom is 0.258 e. The van der Waals surface area contributed by atoms with Crippen LogP contribution in [0.25, 0.3) is 0 Å². The maximum atomic E-state index is 12.0. The maximum absolute atomic E-state index is 12.0. The lowest BCUT2D eigenvalue weighted by molar-refractivity contribution is -0.123. The second kappa shape index (κ2) is 8.22. The molecule has 2 aromatic rings. The Balaban J connectivity index is 1.83. The van der Waals surface area contributed by atoms with Crippen molar-refractivity contribution in [3.05, 3.63) is 59.7 Å². The van der Waals surface area contributed by atoms with E-state index < -0.39 is 0 Å². The molecule has 0 aliphatic heterocycles. The standard InChI is InChI=1S/C19H23NO3/c1-4-15-5-7-16(8-6-15)14(2)20-19(21)13-23-18-11-9-17(22-3)10-12-18/h5-12,14H,4,13H2,1-3H3,(H,20,21)/t14-/m1/s1. The molecule has 2 aromatic carbocycles. The van der Waals surface area contributed by atoms with Gasteiger partial charge in [0.05, 0.1) is 13.2 Å². The van der Waals surface area contributed by atoms with Crippen molar-refractivity contribution in [2.45, 2.75) is 26.3 Å². The van der Waals surface area contributed by atoms with E-state index in [-0.39, 0.29) is 18.6 Å². The van der Waals surface area contributed by atoms with Crippen molar-refractivity contribution < 1.29 is 14.3 Å². The van der Waals surface area contributed by atoms with Crippen molar-refractivity contribution in [1.29, 1.82) is 0 Å². The van der Waals surface area contributed by atoms with E-state index in [9.17, 15) is 4.79 Å². The summed E-state index contributed by atoms with van der Waals surface area (Å²) in [4.78, 5) is 12.0. The molecule has 0 saturated heterocycles. The lowest BCUT2D eigenvalue weighted by Gasteiger charge is -2.15. The van der Waals surface area contributed by atoms with Crippen LogP contribution < -0.4 is 14.8 Å². The zero-order chi connectivity index (χ0) is 16.7. The molecular formula is C19H23NO3. The molecule has 23 heavy (non-hydrogen) atoms. The van der Waals surface area contributed by atoms with Gasteiger partial charge in [0.2, 0.25) is 0 Å². The summed E-state index contributed by atoms with van der Waals surface area (Å²) in [6, 6.07) is 15.4. The molecule has 4 heteroatoms. The van der Waals surface area contributed by atoms with Gasteiger partial charge in [-0.15, -0.1) is 0 Å². The quantitative estimate of drug-likeness (QED) is 0.851. The number of carbonyl (C=O) groups is 1. The summed E-state index contributed by atoms with van der Waals surface area (Å²) in [6.45, 7) is 4.08. The number of carbonyl (C=O) groups excluding carboxylic acids is 1. The zero-order valence-electron chi connectivity index (χ0n) is 13.8. The second-order valence-electron chi connectivity index (χ2n) is 5.35. The normalized spacial score (nSPS) is 11.6. The van der Waals surface area contributed by atoms with Crippen molar-refractivity contribution >= 4 is 5.91 Å². The van der Waals surface area contributed by atoms with Gasteiger partial charge in [-0.1, -0.05) is 31.2 Å². The Morgan fingerprint density at radius 1 is 1.04 bits per heavy atom. The van der Waals surface area contributed by atoms with E-state index in [1.807, 2.05) is 19.1 Å². The molecule has 122 valence electrons. The Morgan fingerprint density at radius 3 is 2.22 bits per heavy atom. The van der Waals surface area contributed by atoms with Crippen LogP contribution in [0.1, 0.15) is 31.0 Å². The van der Waals surface area contributed by atoms with E-state index in [0.717, 1.165) is 17.7 Å². The summed E-state index contributed by atoms with van der Waals surface area (Å²) in [6.07, 6.45) is 1.01. The number of amides is 1. The SMILES string of the molecule is CCc1ccc([C@@H](C)NC(=O)COc2ccc(OC)cc2)cc1. The molecule has 2 rings (SSSR count). The second-order valence-corrected chi connectivity index (χ2v) is 5.35. The zero-order valence-corrected chi connectivity index (χ0v) is 13.8. The molecule has 0 aliphatic carbocycles. The first kappa shape index (κ1) is 16.9. The summed E-state index contributed by atoms with van der Waals surface area (Å²) in [5.74, 6) is 1.25. The summed E-state index contributed by atoms with van der Waals surface area (Å²) < 4.78 is 10.6. The van der Waals surface area contributed by atoms with E-state index in [0.29, 0.717) is 5.75 Å². The Kier molecular flexibility index (Phi) is 6.03. The van der Waals surface area contributed by atoms with Crippen molar-refractivity contribution in [1.82, 2.24) is 5.32 Å². The van der Waals surface area contributed by atoms with Gasteiger partial charge < -0.3 is 14.8 Å². The molecule has 0 fully saturated rings. The number of hydrogen-bond donors (Lipinski definition) is 1. The molecule has 1 N–H and O–H groups in total. The third kappa shape index (κ3) is 5.02. The number of nitrogens with one attached hydrogen (secondary N) is 1. The average Bonchev–Trinajstić information content (AvgIpc) is 2.60. The Morgan fingerprint density at radius 2 is 1.65 bits per heavy atom. The van der Waals surface area contributed by atoms with Crippen LogP contribution in [0, 0.1) is 0 Å². The van der Waals surface area contributed by atoms with Crippen LogP contribution in [0.2, 0.25) is 0 Å². The van der Waals surface area contributed by atoms with Gasteiger partial charge in [0, 0.05) is 0 Å². The van der Waals surface area contributed by atoms with Crippen LogP contribution in [-0.4, -0.2) is 19.6 Å². The van der Waals surface area contributed by atoms with Gasteiger partial charge in [-0.3, -0.25) is 4.79 Å². The van der Waals surface area contributed by atoms with Crippen molar-refractivity contribution in [2.75, 3.05) is 13.7 Å². The fourth-order valence-electron chi connectivity index (χ4n) is 2.23. The molecule has 0 bridgehead atoms. The number of aryl methyl sites for hydroxylation is 1. The molecule has 0 unspecified atom stereocenters. The minimum atomic E-state index is -0.145. The molecule has 0 aliphatic rings. The summed E-state index contributed by atoms with van der Waals surface area (Å²) in [5, 5.41) is 2.94. The molecule has 0 aromatic heterocycles. The van der Waals surface area contributed by atoms with Crippen molar-refractivity contribution in [2.24, 2.45) is 0 Å². The number of ether oxygens (including phenoxy) is 2. The fraction of sp³-hybridized carbons (Fsp3) is 0.316. The first-order valence-corrected chi connectivity index (χ1v) is 7.77. The van der Waals surface area contributed by atoms with Crippen LogP contribution in [0.4, 0.5) is 0 Å². The molecule has 0 saturated carbocycles. The summed E-state index contributed by atoms with van der Waals surface area (Å²) in [5.41, 5.74) is 2.37. The Bertz CT molecular complexity index is 620. The number of methoxy groups -OCH3 is 1. The van der Waals surface area contributed by atoms with E-state index in [2.05, 4.69) is 24.4 Å². The van der Waals surface area contributed by atoms with E-state index in [4.69, 9.17) is 9.47 Å². The molecule has 0 spiro atoms. The summed E-state index contributed by atoms with van der Waals surface area (Å²) >= 11 is 0. The third-order valence-corrected chi connectivity index (χ3v) is 3.69. The summed E-state index contributed by atoms with van der Waals surface area (Å²) in [7, 11) is 1.61. The van der Waals surface area contributed by atoms with Crippen LogP contribution in [-0.2, 0) is 11.2 Å². The minimum Gasteiger partial charge on any atom is -0.497 e. The van der Waals surface area contributed by atoms with Crippen LogP contribution in [0.5, 0.6) is 11.5 Å². The minimum absolute atomic E-state index is 0.0102. The Labute approximate surface area is 137 Å². The number of hydrogen-bond acceptors (Lipinski definition) is 3. The monoisotopic (exact) mass is 313 g/mol. The van der Waals surface area contributed by atoms with Crippen LogP contribution in [0.15, 0.2) is 48.5 Å². The van der Waals surface area contributed by atoms with Gasteiger partial charge in [-0.25, -0.2) is 0 Å². The highest BCUT2D eigenvalue weighted by Crippen LogP contribution is 2.17. The van der Waals surface area contributed by atoms with Gasteiger partial charge in [0.25, 0.3) is 5.91 Å². The molecule has 1 amide bonds. The highest BCUT2D eigenvalue weighted by Gasteiger charge is 2.10. The van der Waals surface area contributed by atoms with Gasteiger partial charge in [-0.2, -0.15) is 0 Å².